The molecule has 1 N–H and O–H groups in total. The van der Waals surface area contributed by atoms with Crippen LogP contribution in [0.1, 0.15) is 26.3 Å². The maximum atomic E-state index is 10.7. The molecule has 2 nitrogen and oxygen atoms in total. The van der Waals surface area contributed by atoms with Gasteiger partial charge in [-0.3, -0.25) is 0 Å². The monoisotopic (exact) mass is 284 g/mol. The summed E-state index contributed by atoms with van der Waals surface area (Å²) in [5.74, 6) is 0.601. The van der Waals surface area contributed by atoms with E-state index >= 15 is 0 Å². The van der Waals surface area contributed by atoms with E-state index in [2.05, 4.69) is 63.2 Å². The third kappa shape index (κ3) is 2.70. The summed E-state index contributed by atoms with van der Waals surface area (Å²) in [6.45, 7) is 6.37. The average molecular weight is 284 g/mol. The molecule has 0 aromatic heterocycles. The van der Waals surface area contributed by atoms with Crippen molar-refractivity contribution in [2.45, 2.75) is 45.5 Å². The fourth-order valence-corrected chi connectivity index (χ4v) is 3.79. The molecule has 3 rings (SSSR count). The van der Waals surface area contributed by atoms with Crippen LogP contribution in [0.5, 0.6) is 0 Å². The smallest absolute Gasteiger partial charge is 0.0637 e. The van der Waals surface area contributed by atoms with Gasteiger partial charge in [-0.25, -0.2) is 0 Å². The molecule has 0 bridgehead atoms. The Morgan fingerprint density at radius 1 is 1.00 bits per heavy atom. The lowest BCUT2D eigenvalue weighted by molar-refractivity contribution is 0.0241. The fourth-order valence-electron chi connectivity index (χ4n) is 3.79. The van der Waals surface area contributed by atoms with Crippen LogP contribution in [0.3, 0.4) is 0 Å². The third-order valence-corrected chi connectivity index (χ3v) is 5.07. The zero-order valence-electron chi connectivity index (χ0n) is 13.0. The van der Waals surface area contributed by atoms with Gasteiger partial charge in [-0.05, 0) is 42.5 Å². The molecule has 1 saturated heterocycles. The van der Waals surface area contributed by atoms with Crippen LogP contribution in [0.25, 0.3) is 10.8 Å². The van der Waals surface area contributed by atoms with E-state index in [1.54, 1.807) is 0 Å². The molecule has 0 spiro atoms. The molecule has 5 unspecified atom stereocenters. The Balaban J connectivity index is 1.85. The Labute approximate surface area is 126 Å². The molecule has 112 valence electrons. The summed E-state index contributed by atoms with van der Waals surface area (Å²) in [5, 5.41) is 13.2. The van der Waals surface area contributed by atoms with Gasteiger partial charge in [0.05, 0.1) is 18.3 Å². The topological polar surface area (TPSA) is 29.5 Å². The summed E-state index contributed by atoms with van der Waals surface area (Å²) < 4.78 is 5.87. The molecule has 2 aromatic rings. The van der Waals surface area contributed by atoms with Crippen LogP contribution in [0.4, 0.5) is 0 Å². The third-order valence-electron chi connectivity index (χ3n) is 5.07. The Hall–Kier alpha value is -1.38. The summed E-state index contributed by atoms with van der Waals surface area (Å²) >= 11 is 0. The van der Waals surface area contributed by atoms with Crippen LogP contribution >= 0.6 is 0 Å². The first-order chi connectivity index (χ1) is 10.1. The second-order valence-electron chi connectivity index (χ2n) is 6.39. The van der Waals surface area contributed by atoms with Crippen LogP contribution in [0.15, 0.2) is 42.5 Å². The maximum Gasteiger partial charge on any atom is 0.0637 e. The van der Waals surface area contributed by atoms with Gasteiger partial charge in [0.1, 0.15) is 0 Å². The summed E-state index contributed by atoms with van der Waals surface area (Å²) in [6.07, 6.45) is 0.689. The van der Waals surface area contributed by atoms with Crippen LogP contribution in [-0.2, 0) is 11.2 Å². The number of hydrogen-bond acceptors (Lipinski definition) is 2. The van der Waals surface area contributed by atoms with Crippen molar-refractivity contribution >= 4 is 10.8 Å². The Morgan fingerprint density at radius 2 is 1.71 bits per heavy atom. The standard InChI is InChI=1S/C19H24O2/c1-12-13(2)21-14(3)19(12)18(20)11-16-9-6-8-15-7-4-5-10-17(15)16/h4-10,12-14,18-20H,11H2,1-3H3. The van der Waals surface area contributed by atoms with Gasteiger partial charge in [-0.2, -0.15) is 0 Å². The Morgan fingerprint density at radius 3 is 2.43 bits per heavy atom. The van der Waals surface area contributed by atoms with E-state index in [0.29, 0.717) is 12.3 Å². The highest BCUT2D eigenvalue weighted by Gasteiger charge is 2.41. The first-order valence-corrected chi connectivity index (χ1v) is 7.88. The Kier molecular flexibility index (Phi) is 4.01. The number of fused-ring (bicyclic) bond motifs is 1. The molecule has 1 heterocycles. The SMILES string of the molecule is CC1OC(C)C(C(O)Cc2cccc3ccccc23)C1C. The lowest BCUT2D eigenvalue weighted by Gasteiger charge is -2.25. The molecule has 21 heavy (non-hydrogen) atoms. The number of hydrogen-bond donors (Lipinski definition) is 1. The van der Waals surface area contributed by atoms with Crippen LogP contribution in [0.2, 0.25) is 0 Å². The molecule has 0 aliphatic carbocycles. The van der Waals surface area contributed by atoms with E-state index in [1.807, 2.05) is 0 Å². The van der Waals surface area contributed by atoms with Crippen LogP contribution in [-0.4, -0.2) is 23.4 Å². The maximum absolute atomic E-state index is 10.7. The van der Waals surface area contributed by atoms with Crippen molar-refractivity contribution in [3.05, 3.63) is 48.0 Å². The predicted molar refractivity (Wildman–Crippen MR) is 86.3 cm³/mol. The minimum Gasteiger partial charge on any atom is -0.392 e. The zero-order valence-corrected chi connectivity index (χ0v) is 13.0. The molecule has 1 aliphatic rings. The number of aliphatic hydroxyl groups excluding tert-OH is 1. The quantitative estimate of drug-likeness (QED) is 0.929. The lowest BCUT2D eigenvalue weighted by Crippen LogP contribution is -2.32. The van der Waals surface area contributed by atoms with E-state index in [4.69, 9.17) is 4.74 Å². The van der Waals surface area contributed by atoms with Crippen LogP contribution < -0.4 is 0 Å². The number of rotatable bonds is 3. The highest BCUT2D eigenvalue weighted by atomic mass is 16.5. The van der Waals surface area contributed by atoms with E-state index < -0.39 is 0 Å². The highest BCUT2D eigenvalue weighted by Crippen LogP contribution is 2.36. The number of benzene rings is 2. The molecule has 0 saturated carbocycles. The highest BCUT2D eigenvalue weighted by molar-refractivity contribution is 5.85. The average Bonchev–Trinajstić information content (AvgIpc) is 2.72. The molecule has 2 aromatic carbocycles. The summed E-state index contributed by atoms with van der Waals surface area (Å²) in [7, 11) is 0. The van der Waals surface area contributed by atoms with Crippen molar-refractivity contribution in [2.24, 2.45) is 11.8 Å². The molecular weight excluding hydrogens is 260 g/mol. The first kappa shape index (κ1) is 14.6. The molecule has 1 aliphatic heterocycles. The van der Waals surface area contributed by atoms with E-state index in [9.17, 15) is 5.11 Å². The normalized spacial score (nSPS) is 30.7. The van der Waals surface area contributed by atoms with Gasteiger partial charge < -0.3 is 9.84 Å². The van der Waals surface area contributed by atoms with E-state index in [1.165, 1.54) is 16.3 Å². The van der Waals surface area contributed by atoms with Gasteiger partial charge in [0.2, 0.25) is 0 Å². The van der Waals surface area contributed by atoms with Gasteiger partial charge in [-0.15, -0.1) is 0 Å². The minimum absolute atomic E-state index is 0.125. The summed E-state index contributed by atoms with van der Waals surface area (Å²) in [4.78, 5) is 0. The van der Waals surface area contributed by atoms with Crippen molar-refractivity contribution in [1.29, 1.82) is 0 Å². The number of ether oxygens (including phenoxy) is 1. The summed E-state index contributed by atoms with van der Waals surface area (Å²) in [6, 6.07) is 14.7. The predicted octanol–water partition coefficient (Wildman–Crippen LogP) is 3.80. The van der Waals surface area contributed by atoms with Crippen molar-refractivity contribution in [1.82, 2.24) is 0 Å². The van der Waals surface area contributed by atoms with Crippen molar-refractivity contribution in [3.8, 4) is 0 Å². The van der Waals surface area contributed by atoms with Gasteiger partial charge in [-0.1, -0.05) is 49.4 Å². The largest absolute Gasteiger partial charge is 0.392 e. The van der Waals surface area contributed by atoms with E-state index in [0.717, 1.165) is 0 Å². The van der Waals surface area contributed by atoms with Crippen LogP contribution in [0, 0.1) is 11.8 Å². The molecule has 1 fully saturated rings. The molecule has 0 amide bonds. The molecular formula is C19H24O2. The molecule has 0 radical (unpaired) electrons. The van der Waals surface area contributed by atoms with E-state index in [-0.39, 0.29) is 24.2 Å². The first-order valence-electron chi connectivity index (χ1n) is 7.88. The summed E-state index contributed by atoms with van der Waals surface area (Å²) in [5.41, 5.74) is 1.22. The van der Waals surface area contributed by atoms with Gasteiger partial charge in [0.15, 0.2) is 0 Å². The van der Waals surface area contributed by atoms with Gasteiger partial charge in [0.25, 0.3) is 0 Å². The molecule has 2 heteroatoms. The van der Waals surface area contributed by atoms with Crippen molar-refractivity contribution < 1.29 is 9.84 Å². The lowest BCUT2D eigenvalue weighted by atomic mass is 9.82. The Bertz CT molecular complexity index is 616. The zero-order chi connectivity index (χ0) is 15.0. The second kappa shape index (κ2) is 5.78. The fraction of sp³-hybridized carbons (Fsp3) is 0.474. The van der Waals surface area contributed by atoms with Crippen molar-refractivity contribution in [3.63, 3.8) is 0 Å². The van der Waals surface area contributed by atoms with Gasteiger partial charge >= 0.3 is 0 Å². The minimum atomic E-state index is -0.356. The molecule has 5 atom stereocenters. The van der Waals surface area contributed by atoms with Gasteiger partial charge in [0, 0.05) is 5.92 Å². The second-order valence-corrected chi connectivity index (χ2v) is 6.39. The van der Waals surface area contributed by atoms with Crippen molar-refractivity contribution in [2.75, 3.05) is 0 Å². The number of aliphatic hydroxyl groups is 1.